The third-order valence-corrected chi connectivity index (χ3v) is 1.83. The van der Waals surface area contributed by atoms with Crippen molar-refractivity contribution in [3.8, 4) is 5.75 Å². The predicted molar refractivity (Wildman–Crippen MR) is 53.9 cm³/mol. The first kappa shape index (κ1) is 13.2. The summed E-state index contributed by atoms with van der Waals surface area (Å²) < 4.78 is 12.7. The zero-order valence-corrected chi connectivity index (χ0v) is 8.30. The molecule has 1 atom stereocenters. The first-order valence-electron chi connectivity index (χ1n) is 4.00. The van der Waals surface area contributed by atoms with Crippen molar-refractivity contribution in [2.45, 2.75) is 12.5 Å². The van der Waals surface area contributed by atoms with E-state index in [-0.39, 0.29) is 24.8 Å². The fourth-order valence-electron chi connectivity index (χ4n) is 1.12. The van der Waals surface area contributed by atoms with Crippen LogP contribution in [0.2, 0.25) is 0 Å². The van der Waals surface area contributed by atoms with Crippen LogP contribution in [0.5, 0.6) is 5.75 Å². The number of rotatable bonds is 3. The number of phenols is 1. The van der Waals surface area contributed by atoms with Crippen LogP contribution in [0.15, 0.2) is 18.2 Å². The summed E-state index contributed by atoms with van der Waals surface area (Å²) in [6, 6.07) is 3.06. The van der Waals surface area contributed by atoms with E-state index in [0.29, 0.717) is 12.0 Å². The monoisotopic (exact) mass is 221 g/mol. The molecule has 0 radical (unpaired) electrons. The van der Waals surface area contributed by atoms with Gasteiger partial charge in [0.25, 0.3) is 0 Å². The highest BCUT2D eigenvalue weighted by atomic mass is 35.5. The molecule has 1 rings (SSSR count). The quantitative estimate of drug-likeness (QED) is 0.722. The van der Waals surface area contributed by atoms with Crippen LogP contribution in [0, 0.1) is 5.82 Å². The van der Waals surface area contributed by atoms with Gasteiger partial charge in [0.2, 0.25) is 0 Å². The van der Waals surface area contributed by atoms with E-state index in [1.165, 1.54) is 12.1 Å². The standard InChI is InChI=1S/C9H12FNO2.ClH/c10-6-1-2-9(13)7(5-6)8(11)3-4-12;/h1-2,5,8,12-13H,3-4,11H2;1H/t8-;/m0./s1. The van der Waals surface area contributed by atoms with Crippen LogP contribution >= 0.6 is 12.4 Å². The fraction of sp³-hybridized carbons (Fsp3) is 0.333. The largest absolute Gasteiger partial charge is 0.508 e. The van der Waals surface area contributed by atoms with Crippen LogP contribution in [-0.4, -0.2) is 16.8 Å². The van der Waals surface area contributed by atoms with Crippen molar-refractivity contribution in [3.63, 3.8) is 0 Å². The summed E-state index contributed by atoms with van der Waals surface area (Å²) in [7, 11) is 0. The average molecular weight is 222 g/mol. The van der Waals surface area contributed by atoms with Crippen LogP contribution in [-0.2, 0) is 0 Å². The number of aromatic hydroxyl groups is 1. The lowest BCUT2D eigenvalue weighted by molar-refractivity contribution is 0.275. The van der Waals surface area contributed by atoms with Gasteiger partial charge in [-0.2, -0.15) is 0 Å². The van der Waals surface area contributed by atoms with Crippen LogP contribution < -0.4 is 5.73 Å². The van der Waals surface area contributed by atoms with Gasteiger partial charge in [0.05, 0.1) is 0 Å². The van der Waals surface area contributed by atoms with E-state index >= 15 is 0 Å². The van der Waals surface area contributed by atoms with E-state index in [9.17, 15) is 9.50 Å². The lowest BCUT2D eigenvalue weighted by atomic mass is 10.0. The van der Waals surface area contributed by atoms with Gasteiger partial charge in [-0.3, -0.25) is 0 Å². The molecule has 0 aliphatic carbocycles. The number of benzene rings is 1. The Hall–Kier alpha value is -0.840. The number of hydrogen-bond acceptors (Lipinski definition) is 3. The molecule has 0 unspecified atom stereocenters. The van der Waals surface area contributed by atoms with Crippen LogP contribution in [0.4, 0.5) is 4.39 Å². The Morgan fingerprint density at radius 1 is 1.43 bits per heavy atom. The highest BCUT2D eigenvalue weighted by Crippen LogP contribution is 2.24. The number of aliphatic hydroxyl groups is 1. The third-order valence-electron chi connectivity index (χ3n) is 1.83. The molecule has 0 bridgehead atoms. The zero-order valence-electron chi connectivity index (χ0n) is 7.48. The van der Waals surface area contributed by atoms with Gasteiger partial charge in [-0.1, -0.05) is 0 Å². The van der Waals surface area contributed by atoms with Crippen molar-refractivity contribution >= 4 is 12.4 Å². The minimum atomic E-state index is -0.527. The van der Waals surface area contributed by atoms with Gasteiger partial charge >= 0.3 is 0 Å². The zero-order chi connectivity index (χ0) is 9.84. The van der Waals surface area contributed by atoms with Crippen molar-refractivity contribution < 1.29 is 14.6 Å². The Bertz CT molecular complexity index is 296. The molecule has 14 heavy (non-hydrogen) atoms. The predicted octanol–water partition coefficient (Wildman–Crippen LogP) is 1.34. The van der Waals surface area contributed by atoms with E-state index < -0.39 is 11.9 Å². The fourth-order valence-corrected chi connectivity index (χ4v) is 1.12. The lowest BCUT2D eigenvalue weighted by Crippen LogP contribution is -2.12. The maximum absolute atomic E-state index is 12.7. The molecular weight excluding hydrogens is 209 g/mol. The van der Waals surface area contributed by atoms with Crippen LogP contribution in [0.3, 0.4) is 0 Å². The summed E-state index contributed by atoms with van der Waals surface area (Å²) in [5, 5.41) is 17.9. The molecule has 0 aliphatic heterocycles. The van der Waals surface area contributed by atoms with E-state index in [4.69, 9.17) is 10.8 Å². The number of nitrogens with two attached hydrogens (primary N) is 1. The maximum Gasteiger partial charge on any atom is 0.123 e. The van der Waals surface area contributed by atoms with Crippen LogP contribution in [0.1, 0.15) is 18.0 Å². The molecule has 80 valence electrons. The number of phenolic OH excluding ortho intramolecular Hbond substituents is 1. The summed E-state index contributed by atoms with van der Waals surface area (Å²) in [5.41, 5.74) is 5.92. The van der Waals surface area contributed by atoms with Gasteiger partial charge in [-0.05, 0) is 24.6 Å². The lowest BCUT2D eigenvalue weighted by Gasteiger charge is -2.11. The first-order chi connectivity index (χ1) is 6.15. The Labute approximate surface area is 87.8 Å². The summed E-state index contributed by atoms with van der Waals surface area (Å²) >= 11 is 0. The summed E-state index contributed by atoms with van der Waals surface area (Å²) in [4.78, 5) is 0. The van der Waals surface area contributed by atoms with Gasteiger partial charge in [0.1, 0.15) is 11.6 Å². The molecule has 3 nitrogen and oxygen atoms in total. The van der Waals surface area contributed by atoms with Crippen molar-refractivity contribution in [2.75, 3.05) is 6.61 Å². The second-order valence-electron chi connectivity index (χ2n) is 2.82. The molecule has 0 heterocycles. The molecule has 5 heteroatoms. The van der Waals surface area contributed by atoms with Crippen molar-refractivity contribution in [1.82, 2.24) is 0 Å². The SMILES string of the molecule is Cl.N[C@@H](CCO)c1cc(F)ccc1O. The molecule has 0 saturated carbocycles. The molecule has 1 aromatic carbocycles. The maximum atomic E-state index is 12.7. The Balaban J connectivity index is 0.00000169. The normalized spacial score (nSPS) is 11.9. The summed E-state index contributed by atoms with van der Waals surface area (Å²) in [5.74, 6) is -0.483. The molecule has 0 aromatic heterocycles. The molecule has 0 amide bonds. The first-order valence-corrected chi connectivity index (χ1v) is 4.00. The van der Waals surface area contributed by atoms with Gasteiger partial charge < -0.3 is 15.9 Å². The van der Waals surface area contributed by atoms with Crippen molar-refractivity contribution in [3.05, 3.63) is 29.6 Å². The Kier molecular flexibility index (Phi) is 5.45. The van der Waals surface area contributed by atoms with E-state index in [0.717, 1.165) is 6.07 Å². The molecule has 1 aromatic rings. The minimum absolute atomic E-state index is 0. The topological polar surface area (TPSA) is 66.5 Å². The van der Waals surface area contributed by atoms with Gasteiger partial charge in [-0.15, -0.1) is 12.4 Å². The van der Waals surface area contributed by atoms with Crippen molar-refractivity contribution in [1.29, 1.82) is 0 Å². The number of halogens is 2. The Morgan fingerprint density at radius 3 is 2.64 bits per heavy atom. The number of aliphatic hydroxyl groups excluding tert-OH is 1. The molecule has 0 fully saturated rings. The average Bonchev–Trinajstić information content (AvgIpc) is 2.09. The van der Waals surface area contributed by atoms with Crippen LogP contribution in [0.25, 0.3) is 0 Å². The highest BCUT2D eigenvalue weighted by Gasteiger charge is 2.10. The van der Waals surface area contributed by atoms with E-state index in [1.807, 2.05) is 0 Å². The minimum Gasteiger partial charge on any atom is -0.508 e. The second-order valence-corrected chi connectivity index (χ2v) is 2.82. The van der Waals surface area contributed by atoms with E-state index in [2.05, 4.69) is 0 Å². The molecule has 4 N–H and O–H groups in total. The number of hydrogen-bond donors (Lipinski definition) is 3. The van der Waals surface area contributed by atoms with Crippen molar-refractivity contribution in [2.24, 2.45) is 5.73 Å². The van der Waals surface area contributed by atoms with Gasteiger partial charge in [0.15, 0.2) is 0 Å². The second kappa shape index (κ2) is 5.80. The molecule has 0 saturated heterocycles. The molecule has 0 aliphatic rings. The smallest absolute Gasteiger partial charge is 0.123 e. The summed E-state index contributed by atoms with van der Waals surface area (Å²) in [6.45, 7) is -0.0862. The third kappa shape index (κ3) is 3.14. The van der Waals surface area contributed by atoms with E-state index in [1.54, 1.807) is 0 Å². The summed E-state index contributed by atoms with van der Waals surface area (Å²) in [6.07, 6.45) is 0.303. The van der Waals surface area contributed by atoms with Gasteiger partial charge in [-0.25, -0.2) is 4.39 Å². The molecule has 0 spiro atoms. The van der Waals surface area contributed by atoms with Gasteiger partial charge in [0, 0.05) is 18.2 Å². The highest BCUT2D eigenvalue weighted by molar-refractivity contribution is 5.85. The Morgan fingerprint density at radius 2 is 2.07 bits per heavy atom. The molecular formula is C9H13ClFNO2.